The standard InChI is InChI=1S/C22H25ClN4O2/c1-15-12-16(2)21(24-14-15)25-8-10-26(11-9-25)22(29)18-6-5-17(13-19(18)23)27-7-3-4-20(27)28/h5-6,12-14H,3-4,7-11H2,1-2H3/p+1. The number of aryl methyl sites for hydroxylation is 2. The van der Waals surface area contributed by atoms with Gasteiger partial charge >= 0.3 is 5.91 Å². The molecule has 2 fully saturated rings. The van der Waals surface area contributed by atoms with Gasteiger partial charge in [0.15, 0.2) is 0 Å². The molecule has 1 atom stereocenters. The zero-order chi connectivity index (χ0) is 20.5. The monoisotopic (exact) mass is 413 g/mol. The zero-order valence-electron chi connectivity index (χ0n) is 16.9. The maximum atomic E-state index is 13.0. The normalized spacial score (nSPS) is 19.7. The molecule has 2 saturated heterocycles. The molecule has 29 heavy (non-hydrogen) atoms. The van der Waals surface area contributed by atoms with Crippen molar-refractivity contribution in [3.05, 3.63) is 52.2 Å². The Morgan fingerprint density at radius 2 is 1.90 bits per heavy atom. The number of carbonyl (C=O) groups excluding carboxylic acids is 2. The lowest BCUT2D eigenvalue weighted by atomic mass is 10.1. The van der Waals surface area contributed by atoms with Crippen molar-refractivity contribution in [2.45, 2.75) is 26.7 Å². The zero-order valence-corrected chi connectivity index (χ0v) is 17.6. The third-order valence-corrected chi connectivity index (χ3v) is 6.08. The highest BCUT2D eigenvalue weighted by Crippen LogP contribution is 2.24. The van der Waals surface area contributed by atoms with Crippen LogP contribution in [0.2, 0.25) is 5.02 Å². The van der Waals surface area contributed by atoms with Gasteiger partial charge in [-0.2, -0.15) is 0 Å². The first kappa shape index (κ1) is 19.9. The van der Waals surface area contributed by atoms with E-state index < -0.39 is 0 Å². The van der Waals surface area contributed by atoms with Crippen LogP contribution < -0.4 is 9.80 Å². The average molecular weight is 414 g/mol. The molecule has 2 aliphatic rings. The topological polar surface area (TPSA) is 58.0 Å². The molecule has 2 aliphatic heterocycles. The van der Waals surface area contributed by atoms with Crippen molar-refractivity contribution < 1.29 is 14.5 Å². The van der Waals surface area contributed by atoms with Gasteiger partial charge in [-0.05, 0) is 31.0 Å². The Morgan fingerprint density at radius 1 is 1.14 bits per heavy atom. The van der Waals surface area contributed by atoms with Gasteiger partial charge in [0.1, 0.15) is 11.5 Å². The van der Waals surface area contributed by atoms with Crippen LogP contribution in [0, 0.1) is 13.8 Å². The smallest absolute Gasteiger partial charge is 0.317 e. The SMILES string of the molecule is Cc1cnc(N2CCN(C(=O)c3ccc([NH+]4CCCC4=O)cc3Cl)CC2)c(C)c1. The number of halogens is 1. The second kappa shape index (κ2) is 8.13. The van der Waals surface area contributed by atoms with E-state index in [-0.39, 0.29) is 11.8 Å². The lowest BCUT2D eigenvalue weighted by Crippen LogP contribution is -3.07. The van der Waals surface area contributed by atoms with Crippen LogP contribution in [0.1, 0.15) is 34.3 Å². The van der Waals surface area contributed by atoms with Crippen LogP contribution in [0.25, 0.3) is 0 Å². The van der Waals surface area contributed by atoms with Crippen molar-refractivity contribution in [2.24, 2.45) is 0 Å². The first-order valence-electron chi connectivity index (χ1n) is 10.1. The van der Waals surface area contributed by atoms with E-state index in [0.717, 1.165) is 53.6 Å². The van der Waals surface area contributed by atoms with Gasteiger partial charge in [0.25, 0.3) is 5.91 Å². The number of benzene rings is 1. The summed E-state index contributed by atoms with van der Waals surface area (Å²) in [5.74, 6) is 1.12. The van der Waals surface area contributed by atoms with Gasteiger partial charge in [-0.1, -0.05) is 17.7 Å². The minimum Gasteiger partial charge on any atom is -0.353 e. The first-order valence-corrected chi connectivity index (χ1v) is 10.5. The number of rotatable bonds is 3. The van der Waals surface area contributed by atoms with E-state index in [9.17, 15) is 9.59 Å². The molecule has 7 heteroatoms. The summed E-state index contributed by atoms with van der Waals surface area (Å²) in [6, 6.07) is 7.52. The predicted molar refractivity (Wildman–Crippen MR) is 113 cm³/mol. The van der Waals surface area contributed by atoms with Crippen LogP contribution in [0.3, 0.4) is 0 Å². The van der Waals surface area contributed by atoms with Crippen LogP contribution in [0.5, 0.6) is 0 Å². The van der Waals surface area contributed by atoms with Crippen LogP contribution >= 0.6 is 11.6 Å². The molecule has 0 bridgehead atoms. The molecule has 6 nitrogen and oxygen atoms in total. The number of anilines is 1. The maximum absolute atomic E-state index is 13.0. The third kappa shape index (κ3) is 4.00. The summed E-state index contributed by atoms with van der Waals surface area (Å²) in [5, 5.41) is 0.415. The maximum Gasteiger partial charge on any atom is 0.317 e. The molecule has 4 rings (SSSR count). The number of piperazine rings is 1. The number of hydrogen-bond donors (Lipinski definition) is 1. The second-order valence-electron chi connectivity index (χ2n) is 7.88. The van der Waals surface area contributed by atoms with E-state index in [0.29, 0.717) is 30.1 Å². The van der Waals surface area contributed by atoms with E-state index in [4.69, 9.17) is 11.6 Å². The van der Waals surface area contributed by atoms with Gasteiger partial charge in [-0.3, -0.25) is 4.79 Å². The van der Waals surface area contributed by atoms with E-state index >= 15 is 0 Å². The van der Waals surface area contributed by atoms with Crippen LogP contribution in [0.15, 0.2) is 30.5 Å². The molecule has 0 saturated carbocycles. The van der Waals surface area contributed by atoms with Gasteiger partial charge in [0.2, 0.25) is 0 Å². The molecule has 2 amide bonds. The Balaban J connectivity index is 1.43. The quantitative estimate of drug-likeness (QED) is 0.837. The predicted octanol–water partition coefficient (Wildman–Crippen LogP) is 2.15. The molecule has 0 radical (unpaired) electrons. The summed E-state index contributed by atoms with van der Waals surface area (Å²) < 4.78 is 0. The Labute approximate surface area is 176 Å². The number of quaternary nitrogens is 1. The number of nitrogens with zero attached hydrogens (tertiary/aromatic N) is 3. The molecule has 0 aliphatic carbocycles. The number of amides is 2. The highest BCUT2D eigenvalue weighted by atomic mass is 35.5. The second-order valence-corrected chi connectivity index (χ2v) is 8.29. The fraction of sp³-hybridized carbons (Fsp3) is 0.409. The van der Waals surface area contributed by atoms with Crippen molar-refractivity contribution in [2.75, 3.05) is 37.6 Å². The number of hydrogen-bond acceptors (Lipinski definition) is 4. The van der Waals surface area contributed by atoms with Gasteiger partial charge in [0.05, 0.1) is 23.6 Å². The summed E-state index contributed by atoms with van der Waals surface area (Å²) in [5.41, 5.74) is 3.65. The molecule has 1 unspecified atom stereocenters. The third-order valence-electron chi connectivity index (χ3n) is 5.77. The summed E-state index contributed by atoms with van der Waals surface area (Å²) in [6.45, 7) is 7.63. The summed E-state index contributed by atoms with van der Waals surface area (Å²) in [6.07, 6.45) is 3.38. The fourth-order valence-corrected chi connectivity index (χ4v) is 4.49. The minimum atomic E-state index is -0.0578. The van der Waals surface area contributed by atoms with Gasteiger partial charge in [0, 0.05) is 50.9 Å². The van der Waals surface area contributed by atoms with Crippen molar-refractivity contribution >= 4 is 34.9 Å². The number of pyridine rings is 1. The van der Waals surface area contributed by atoms with Crippen LogP contribution in [-0.4, -0.2) is 54.4 Å². The Morgan fingerprint density at radius 3 is 2.52 bits per heavy atom. The largest absolute Gasteiger partial charge is 0.353 e. The molecular weight excluding hydrogens is 388 g/mol. The average Bonchev–Trinajstić information content (AvgIpc) is 3.13. The van der Waals surface area contributed by atoms with Crippen molar-refractivity contribution in [1.29, 1.82) is 0 Å². The van der Waals surface area contributed by atoms with Crippen molar-refractivity contribution in [1.82, 2.24) is 9.88 Å². The lowest BCUT2D eigenvalue weighted by Gasteiger charge is -2.36. The van der Waals surface area contributed by atoms with E-state index in [2.05, 4.69) is 22.9 Å². The number of aromatic nitrogens is 1. The molecule has 2 aromatic rings. The van der Waals surface area contributed by atoms with Gasteiger partial charge in [-0.25, -0.2) is 14.7 Å². The summed E-state index contributed by atoms with van der Waals surface area (Å²) in [4.78, 5) is 34.5. The summed E-state index contributed by atoms with van der Waals surface area (Å²) >= 11 is 6.44. The van der Waals surface area contributed by atoms with Crippen molar-refractivity contribution in [3.8, 4) is 0 Å². The molecule has 152 valence electrons. The van der Waals surface area contributed by atoms with Crippen LogP contribution in [0.4, 0.5) is 11.5 Å². The fourth-order valence-electron chi connectivity index (χ4n) is 4.23. The minimum absolute atomic E-state index is 0.0578. The Bertz CT molecular complexity index is 954. The molecule has 1 N–H and O–H groups in total. The van der Waals surface area contributed by atoms with Gasteiger partial charge in [-0.15, -0.1) is 0 Å². The first-order chi connectivity index (χ1) is 13.9. The highest BCUT2D eigenvalue weighted by molar-refractivity contribution is 6.34. The van der Waals surface area contributed by atoms with Crippen molar-refractivity contribution in [3.63, 3.8) is 0 Å². The number of nitrogens with one attached hydrogen (secondary N) is 1. The molecule has 1 aromatic carbocycles. The lowest BCUT2D eigenvalue weighted by molar-refractivity contribution is -0.738. The highest BCUT2D eigenvalue weighted by Gasteiger charge is 2.30. The van der Waals surface area contributed by atoms with E-state index in [1.54, 1.807) is 12.1 Å². The van der Waals surface area contributed by atoms with E-state index in [1.807, 2.05) is 24.1 Å². The van der Waals surface area contributed by atoms with Crippen LogP contribution in [-0.2, 0) is 4.79 Å². The Kier molecular flexibility index (Phi) is 5.56. The van der Waals surface area contributed by atoms with Gasteiger partial charge < -0.3 is 9.80 Å². The summed E-state index contributed by atoms with van der Waals surface area (Å²) in [7, 11) is 0. The molecule has 0 spiro atoms. The molecule has 1 aromatic heterocycles. The molecule has 3 heterocycles. The molecular formula is C22H26ClN4O2+. The number of carbonyl (C=O) groups is 2. The van der Waals surface area contributed by atoms with E-state index in [1.165, 1.54) is 0 Å². The Hall–Kier alpha value is -2.44.